The highest BCUT2D eigenvalue weighted by molar-refractivity contribution is 5.70. The van der Waals surface area contributed by atoms with Crippen LogP contribution in [0.3, 0.4) is 0 Å². The van der Waals surface area contributed by atoms with E-state index >= 15 is 0 Å². The van der Waals surface area contributed by atoms with E-state index in [1.807, 2.05) is 0 Å². The number of nitrogens with one attached hydrogen (secondary N) is 2. The lowest BCUT2D eigenvalue weighted by molar-refractivity contribution is 0.0167. The van der Waals surface area contributed by atoms with Gasteiger partial charge in [0.05, 0.1) is 12.9 Å². The fourth-order valence-corrected chi connectivity index (χ4v) is 1.72. The number of hydrogen-bond acceptors (Lipinski definition) is 6. The van der Waals surface area contributed by atoms with Gasteiger partial charge in [0.1, 0.15) is 6.10 Å². The van der Waals surface area contributed by atoms with E-state index in [1.54, 1.807) is 0 Å². The third-order valence-electron chi connectivity index (χ3n) is 2.56. The quantitative estimate of drug-likeness (QED) is 0.420. The van der Waals surface area contributed by atoms with E-state index in [9.17, 15) is 15.0 Å². The summed E-state index contributed by atoms with van der Waals surface area (Å²) in [4.78, 5) is 22.5. The number of rotatable bonds is 0. The number of anilines is 1. The van der Waals surface area contributed by atoms with Gasteiger partial charge < -0.3 is 20.5 Å². The van der Waals surface area contributed by atoms with E-state index in [4.69, 9.17) is 0 Å². The molecule has 84 valence electrons. The van der Waals surface area contributed by atoms with Crippen LogP contribution in [0, 0.1) is 0 Å². The van der Waals surface area contributed by atoms with Crippen molar-refractivity contribution in [2.24, 2.45) is 0 Å². The molecular weight excluding hydrogens is 214 g/mol. The van der Waals surface area contributed by atoms with E-state index < -0.39 is 12.3 Å². The summed E-state index contributed by atoms with van der Waals surface area (Å²) in [6.07, 6.45) is -0.784. The Labute approximate surface area is 88.6 Å². The Morgan fingerprint density at radius 1 is 1.50 bits per heavy atom. The highest BCUT2D eigenvalue weighted by atomic mass is 16.3. The first-order chi connectivity index (χ1) is 7.66. The Balaban J connectivity index is 2.28. The normalized spacial score (nSPS) is 24.1. The van der Waals surface area contributed by atoms with Gasteiger partial charge in [0.15, 0.2) is 17.4 Å². The van der Waals surface area contributed by atoms with E-state index in [2.05, 4.69) is 20.3 Å². The smallest absolute Gasteiger partial charge is 0.281 e. The van der Waals surface area contributed by atoms with E-state index in [0.717, 1.165) is 0 Å². The van der Waals surface area contributed by atoms with Crippen LogP contribution in [-0.2, 0) is 6.54 Å². The van der Waals surface area contributed by atoms with E-state index in [-0.39, 0.29) is 29.2 Å². The molecule has 8 heteroatoms. The minimum absolute atomic E-state index is 0.00426. The van der Waals surface area contributed by atoms with Crippen molar-refractivity contribution in [2.75, 3.05) is 5.32 Å². The van der Waals surface area contributed by atoms with Gasteiger partial charge in [-0.2, -0.15) is 4.98 Å². The zero-order chi connectivity index (χ0) is 11.3. The SMILES string of the molecule is O=c1c2[nH]cnc2nc2n1C[C@H](O)[C@@H](O)N2. The molecule has 0 radical (unpaired) electrons. The first kappa shape index (κ1) is 9.31. The van der Waals surface area contributed by atoms with Crippen LogP contribution in [0.1, 0.15) is 0 Å². The maximum Gasteiger partial charge on any atom is 0.281 e. The number of aliphatic hydroxyl groups excluding tert-OH is 2. The number of aromatic amines is 1. The Bertz CT molecular complexity index is 603. The van der Waals surface area contributed by atoms with Crippen LogP contribution in [-0.4, -0.2) is 42.1 Å². The number of imidazole rings is 1. The van der Waals surface area contributed by atoms with Gasteiger partial charge in [0.2, 0.25) is 5.95 Å². The second kappa shape index (κ2) is 3.03. The molecule has 0 aromatic carbocycles. The molecule has 2 aromatic heterocycles. The zero-order valence-corrected chi connectivity index (χ0v) is 8.08. The summed E-state index contributed by atoms with van der Waals surface area (Å²) in [5.41, 5.74) is 0.248. The summed E-state index contributed by atoms with van der Waals surface area (Å²) < 4.78 is 1.26. The van der Waals surface area contributed by atoms with Gasteiger partial charge in [-0.1, -0.05) is 0 Å². The third kappa shape index (κ3) is 1.14. The molecule has 3 heterocycles. The molecule has 16 heavy (non-hydrogen) atoms. The van der Waals surface area contributed by atoms with Crippen LogP contribution in [0.5, 0.6) is 0 Å². The van der Waals surface area contributed by atoms with Crippen molar-refractivity contribution in [1.82, 2.24) is 19.5 Å². The van der Waals surface area contributed by atoms with E-state index in [1.165, 1.54) is 10.9 Å². The summed E-state index contributed by atoms with van der Waals surface area (Å²) in [5.74, 6) is 0.211. The fraction of sp³-hybridized carbons (Fsp3) is 0.375. The van der Waals surface area contributed by atoms with Gasteiger partial charge in [-0.05, 0) is 0 Å². The summed E-state index contributed by atoms with van der Waals surface area (Å²) in [7, 11) is 0. The lowest BCUT2D eigenvalue weighted by atomic mass is 10.2. The molecule has 0 saturated carbocycles. The van der Waals surface area contributed by atoms with Crippen LogP contribution in [0.15, 0.2) is 11.1 Å². The number of fused-ring (bicyclic) bond motifs is 2. The van der Waals surface area contributed by atoms with Crippen LogP contribution in [0.2, 0.25) is 0 Å². The monoisotopic (exact) mass is 223 g/mol. The van der Waals surface area contributed by atoms with Crippen LogP contribution >= 0.6 is 0 Å². The molecule has 1 aliphatic rings. The fourth-order valence-electron chi connectivity index (χ4n) is 1.72. The van der Waals surface area contributed by atoms with Crippen molar-refractivity contribution in [3.05, 3.63) is 16.7 Å². The maximum absolute atomic E-state index is 11.9. The summed E-state index contributed by atoms with van der Waals surface area (Å²) in [5, 5.41) is 21.4. The third-order valence-corrected chi connectivity index (χ3v) is 2.56. The largest absolute Gasteiger partial charge is 0.387 e. The predicted molar refractivity (Wildman–Crippen MR) is 53.8 cm³/mol. The first-order valence-electron chi connectivity index (χ1n) is 4.73. The predicted octanol–water partition coefficient (Wildman–Crippen LogP) is -1.78. The lowest BCUT2D eigenvalue weighted by Crippen LogP contribution is -2.45. The Morgan fingerprint density at radius 2 is 2.31 bits per heavy atom. The topological polar surface area (TPSA) is 116 Å². The van der Waals surface area contributed by atoms with Gasteiger partial charge >= 0.3 is 0 Å². The van der Waals surface area contributed by atoms with Crippen LogP contribution in [0.4, 0.5) is 5.95 Å². The molecule has 0 bridgehead atoms. The number of H-pyrrole nitrogens is 1. The first-order valence-corrected chi connectivity index (χ1v) is 4.73. The molecule has 0 saturated heterocycles. The van der Waals surface area contributed by atoms with Crippen molar-refractivity contribution < 1.29 is 10.2 Å². The Hall–Kier alpha value is -1.93. The second-order valence-corrected chi connectivity index (χ2v) is 3.61. The lowest BCUT2D eigenvalue weighted by Gasteiger charge is -2.27. The number of aromatic nitrogens is 4. The average molecular weight is 223 g/mol. The van der Waals surface area contributed by atoms with Crippen LogP contribution < -0.4 is 10.9 Å². The molecule has 0 aliphatic carbocycles. The van der Waals surface area contributed by atoms with Gasteiger partial charge in [0.25, 0.3) is 5.56 Å². The molecule has 0 amide bonds. The molecule has 0 spiro atoms. The highest BCUT2D eigenvalue weighted by Crippen LogP contribution is 2.14. The second-order valence-electron chi connectivity index (χ2n) is 3.61. The molecule has 3 rings (SSSR count). The van der Waals surface area contributed by atoms with Gasteiger partial charge in [-0.3, -0.25) is 9.36 Å². The average Bonchev–Trinajstić information content (AvgIpc) is 2.70. The standard InChI is InChI=1S/C8H9N5O3/c14-3-1-13-7(16)4-5(10-2-9-4)11-8(13)12-6(3)15/h2-3,6,14-15H,1H2,(H,9,10)(H,11,12)/t3-,6+/m0/s1. The van der Waals surface area contributed by atoms with Crippen LogP contribution in [0.25, 0.3) is 11.2 Å². The molecular formula is C8H9N5O3. The Kier molecular flexibility index (Phi) is 1.76. The van der Waals surface area contributed by atoms with Gasteiger partial charge in [-0.15, -0.1) is 0 Å². The molecule has 0 unspecified atom stereocenters. The summed E-state index contributed by atoms with van der Waals surface area (Å²) >= 11 is 0. The molecule has 4 N–H and O–H groups in total. The van der Waals surface area contributed by atoms with E-state index in [0.29, 0.717) is 0 Å². The van der Waals surface area contributed by atoms with Crippen molar-refractivity contribution >= 4 is 17.1 Å². The van der Waals surface area contributed by atoms with Crippen molar-refractivity contribution in [3.8, 4) is 0 Å². The molecule has 2 aromatic rings. The van der Waals surface area contributed by atoms with Crippen molar-refractivity contribution in [3.63, 3.8) is 0 Å². The minimum Gasteiger partial charge on any atom is -0.387 e. The molecule has 2 atom stereocenters. The van der Waals surface area contributed by atoms with Gasteiger partial charge in [-0.25, -0.2) is 4.98 Å². The number of hydrogen-bond donors (Lipinski definition) is 4. The number of nitrogens with zero attached hydrogens (tertiary/aromatic N) is 3. The Morgan fingerprint density at radius 3 is 3.12 bits per heavy atom. The van der Waals surface area contributed by atoms with Crippen molar-refractivity contribution in [2.45, 2.75) is 18.9 Å². The van der Waals surface area contributed by atoms with Gasteiger partial charge in [0, 0.05) is 0 Å². The van der Waals surface area contributed by atoms with Crippen molar-refractivity contribution in [1.29, 1.82) is 0 Å². The summed E-state index contributed by atoms with van der Waals surface area (Å²) in [6, 6.07) is 0. The maximum atomic E-state index is 11.9. The molecule has 0 fully saturated rings. The number of aliphatic hydroxyl groups is 2. The minimum atomic E-state index is -1.12. The zero-order valence-electron chi connectivity index (χ0n) is 8.08. The summed E-state index contributed by atoms with van der Waals surface area (Å²) in [6.45, 7) is 0.00426. The molecule has 1 aliphatic heterocycles. The highest BCUT2D eigenvalue weighted by Gasteiger charge is 2.27. The molecule has 8 nitrogen and oxygen atoms in total.